The van der Waals surface area contributed by atoms with Gasteiger partial charge in [0.05, 0.1) is 11.7 Å². The van der Waals surface area contributed by atoms with Gasteiger partial charge < -0.3 is 15.2 Å². The second-order valence-electron chi connectivity index (χ2n) is 6.19. The van der Waals surface area contributed by atoms with Gasteiger partial charge in [-0.3, -0.25) is 14.5 Å². The topological polar surface area (TPSA) is 102 Å². The molecule has 2 amide bonds. The fourth-order valence-corrected chi connectivity index (χ4v) is 3.87. The lowest BCUT2D eigenvalue weighted by molar-refractivity contribution is -0.255. The third-order valence-electron chi connectivity index (χ3n) is 4.09. The van der Waals surface area contributed by atoms with Crippen molar-refractivity contribution in [3.8, 4) is 0 Å². The Morgan fingerprint density at radius 3 is 2.48 bits per heavy atom. The molecule has 0 saturated carbocycles. The second-order valence-corrected chi connectivity index (χ2v) is 7.36. The van der Waals surface area contributed by atoms with Crippen LogP contribution < -0.4 is 10.4 Å². The minimum atomic E-state index is -1.27. The molecule has 1 saturated heterocycles. The highest BCUT2D eigenvalue weighted by atomic mass is 32.2. The maximum atomic E-state index is 12.7. The molecule has 2 aromatic rings. The molecule has 29 heavy (non-hydrogen) atoms. The van der Waals surface area contributed by atoms with Crippen molar-refractivity contribution >= 4 is 46.1 Å². The van der Waals surface area contributed by atoms with E-state index in [-0.39, 0.29) is 30.3 Å². The molecule has 7 nitrogen and oxygen atoms in total. The van der Waals surface area contributed by atoms with E-state index in [1.807, 2.05) is 18.2 Å². The van der Waals surface area contributed by atoms with Gasteiger partial charge in [0.1, 0.15) is 5.25 Å². The van der Waals surface area contributed by atoms with Crippen molar-refractivity contribution in [1.29, 1.82) is 0 Å². The number of aromatic carboxylic acids is 1. The zero-order valence-electron chi connectivity index (χ0n) is 15.4. The van der Waals surface area contributed by atoms with Crippen LogP contribution >= 0.6 is 11.8 Å². The summed E-state index contributed by atoms with van der Waals surface area (Å²) in [6, 6.07) is 14.9. The summed E-state index contributed by atoms with van der Waals surface area (Å²) in [5.41, 5.74) is 1.20. The van der Waals surface area contributed by atoms with E-state index in [0.29, 0.717) is 16.5 Å². The second kappa shape index (κ2) is 9.20. The quantitative estimate of drug-likeness (QED) is 0.708. The van der Waals surface area contributed by atoms with Gasteiger partial charge in [-0.2, -0.15) is 0 Å². The number of thioether (sulfide) groups is 1. The third kappa shape index (κ3) is 5.11. The molecule has 8 heteroatoms. The van der Waals surface area contributed by atoms with Crippen molar-refractivity contribution in [1.82, 2.24) is 4.90 Å². The molecule has 1 aliphatic heterocycles. The highest BCUT2D eigenvalue weighted by molar-refractivity contribution is 8.15. The average molecular weight is 408 g/mol. The lowest BCUT2D eigenvalue weighted by Crippen LogP contribution is -2.33. The zero-order chi connectivity index (χ0) is 20.8. The zero-order valence-corrected chi connectivity index (χ0v) is 16.2. The van der Waals surface area contributed by atoms with Crippen molar-refractivity contribution in [2.45, 2.75) is 11.7 Å². The van der Waals surface area contributed by atoms with E-state index in [2.05, 4.69) is 16.9 Å². The first-order valence-corrected chi connectivity index (χ1v) is 9.70. The maximum absolute atomic E-state index is 12.7. The number of nitrogens with zero attached hydrogens (tertiary/aromatic N) is 2. The van der Waals surface area contributed by atoms with Crippen LogP contribution in [0.25, 0.3) is 0 Å². The Bertz CT molecular complexity index is 958. The molecule has 0 aliphatic carbocycles. The van der Waals surface area contributed by atoms with Crippen LogP contribution in [0.5, 0.6) is 0 Å². The number of benzene rings is 2. The highest BCUT2D eigenvalue weighted by Crippen LogP contribution is 2.31. The number of para-hydroxylation sites is 1. The smallest absolute Gasteiger partial charge is 0.242 e. The van der Waals surface area contributed by atoms with Crippen molar-refractivity contribution in [3.05, 3.63) is 72.8 Å². The number of amidine groups is 1. The standard InChI is InChI=1S/C21H19N3O4S/c1-2-12-24-19(26)17(13-18(25)22-15-6-4-3-5-7-15)29-21(24)23-16-10-8-14(9-11-16)20(27)28/h2-11,17H,1,12-13H2,(H,22,25)(H,27,28)/p-1/t17-/m0/s1. The van der Waals surface area contributed by atoms with Crippen LogP contribution in [0.4, 0.5) is 11.4 Å². The Balaban J connectivity index is 1.74. The number of rotatable bonds is 7. The number of carbonyl (C=O) groups is 3. The molecular formula is C21H18N3O4S-. The molecule has 2 aromatic carbocycles. The molecular weight excluding hydrogens is 390 g/mol. The molecule has 0 aromatic heterocycles. The number of carbonyl (C=O) groups excluding carboxylic acids is 3. The van der Waals surface area contributed by atoms with Crippen molar-refractivity contribution in [2.75, 3.05) is 11.9 Å². The van der Waals surface area contributed by atoms with Crippen molar-refractivity contribution in [2.24, 2.45) is 4.99 Å². The molecule has 3 rings (SSSR count). The average Bonchev–Trinajstić information content (AvgIpc) is 2.98. The van der Waals surface area contributed by atoms with Crippen LogP contribution in [0.3, 0.4) is 0 Å². The van der Waals surface area contributed by atoms with Gasteiger partial charge in [-0.15, -0.1) is 6.58 Å². The van der Waals surface area contributed by atoms with Crippen molar-refractivity contribution < 1.29 is 19.5 Å². The Morgan fingerprint density at radius 2 is 1.86 bits per heavy atom. The maximum Gasteiger partial charge on any atom is 0.242 e. The van der Waals surface area contributed by atoms with Gasteiger partial charge >= 0.3 is 0 Å². The molecule has 0 radical (unpaired) electrons. The molecule has 148 valence electrons. The van der Waals surface area contributed by atoms with Crippen LogP contribution in [-0.2, 0) is 9.59 Å². The molecule has 1 heterocycles. The van der Waals surface area contributed by atoms with E-state index < -0.39 is 11.2 Å². The van der Waals surface area contributed by atoms with Crippen LogP contribution in [0.1, 0.15) is 16.8 Å². The van der Waals surface area contributed by atoms with E-state index in [9.17, 15) is 19.5 Å². The summed E-state index contributed by atoms with van der Waals surface area (Å²) < 4.78 is 0. The Labute approximate surface area is 172 Å². The minimum absolute atomic E-state index is 0.00861. The van der Waals surface area contributed by atoms with E-state index in [1.54, 1.807) is 18.2 Å². The first kappa shape index (κ1) is 20.3. The van der Waals surface area contributed by atoms with Gasteiger partial charge in [0, 0.05) is 18.7 Å². The number of nitrogens with one attached hydrogen (secondary N) is 1. The predicted octanol–water partition coefficient (Wildman–Crippen LogP) is 2.20. The predicted molar refractivity (Wildman–Crippen MR) is 111 cm³/mol. The lowest BCUT2D eigenvalue weighted by Gasteiger charge is -2.14. The highest BCUT2D eigenvalue weighted by Gasteiger charge is 2.38. The normalized spacial score (nSPS) is 17.4. The summed E-state index contributed by atoms with van der Waals surface area (Å²) in [6.07, 6.45) is 1.59. The largest absolute Gasteiger partial charge is 0.545 e. The fraction of sp³-hybridized carbons (Fsp3) is 0.143. The van der Waals surface area contributed by atoms with E-state index in [4.69, 9.17) is 0 Å². The summed E-state index contributed by atoms with van der Waals surface area (Å²) in [4.78, 5) is 41.8. The van der Waals surface area contributed by atoms with Crippen molar-refractivity contribution in [3.63, 3.8) is 0 Å². The van der Waals surface area contributed by atoms with Gasteiger partial charge in [-0.25, -0.2) is 4.99 Å². The number of amides is 2. The number of carboxylic acid groups (broad SMARTS) is 1. The number of hydrogen-bond acceptors (Lipinski definition) is 6. The summed E-state index contributed by atoms with van der Waals surface area (Å²) in [5.74, 6) is -1.75. The van der Waals surface area contributed by atoms with E-state index >= 15 is 0 Å². The Kier molecular flexibility index (Phi) is 6.46. The van der Waals surface area contributed by atoms with Gasteiger partial charge in [-0.1, -0.05) is 48.2 Å². The summed E-state index contributed by atoms with van der Waals surface area (Å²) in [7, 11) is 0. The summed E-state index contributed by atoms with van der Waals surface area (Å²) in [6.45, 7) is 3.93. The van der Waals surface area contributed by atoms with E-state index in [1.165, 1.54) is 40.9 Å². The molecule has 1 atom stereocenters. The molecule has 1 aliphatic rings. The first-order valence-electron chi connectivity index (χ1n) is 8.82. The summed E-state index contributed by atoms with van der Waals surface area (Å²) in [5, 5.41) is 13.5. The third-order valence-corrected chi connectivity index (χ3v) is 5.26. The Morgan fingerprint density at radius 1 is 1.17 bits per heavy atom. The lowest BCUT2D eigenvalue weighted by atomic mass is 10.2. The SMILES string of the molecule is C=CCN1C(=O)[C@H](CC(=O)Nc2ccccc2)SC1=Nc1ccc(C(=O)[O-])cc1. The minimum Gasteiger partial charge on any atom is -0.545 e. The monoisotopic (exact) mass is 408 g/mol. The number of carboxylic acids is 1. The van der Waals surface area contributed by atoms with Crippen LogP contribution in [-0.4, -0.2) is 39.6 Å². The fourth-order valence-electron chi connectivity index (χ4n) is 2.71. The number of aliphatic imine (C=N–C) groups is 1. The number of anilines is 1. The van der Waals surface area contributed by atoms with Crippen LogP contribution in [0.15, 0.2) is 72.2 Å². The van der Waals surface area contributed by atoms with Gasteiger partial charge in [0.15, 0.2) is 5.17 Å². The molecule has 0 bridgehead atoms. The van der Waals surface area contributed by atoms with Crippen LogP contribution in [0, 0.1) is 0 Å². The number of hydrogen-bond donors (Lipinski definition) is 1. The molecule has 1 N–H and O–H groups in total. The summed E-state index contributed by atoms with van der Waals surface area (Å²) >= 11 is 1.20. The molecule has 1 fully saturated rings. The van der Waals surface area contributed by atoms with Crippen LogP contribution in [0.2, 0.25) is 0 Å². The van der Waals surface area contributed by atoms with Gasteiger partial charge in [0.25, 0.3) is 0 Å². The molecule has 0 unspecified atom stereocenters. The van der Waals surface area contributed by atoms with Gasteiger partial charge in [0.2, 0.25) is 11.8 Å². The van der Waals surface area contributed by atoms with Gasteiger partial charge in [-0.05, 0) is 29.8 Å². The molecule has 0 spiro atoms. The van der Waals surface area contributed by atoms with E-state index in [0.717, 1.165) is 0 Å². The Hall–Kier alpha value is -3.39. The first-order chi connectivity index (χ1) is 14.0.